The number of fused-ring (bicyclic) bond motifs is 1. The summed E-state index contributed by atoms with van der Waals surface area (Å²) in [6, 6.07) is 14.4. The van der Waals surface area contributed by atoms with Gasteiger partial charge in [0.15, 0.2) is 0 Å². The molecule has 1 saturated carbocycles. The molecule has 37 heavy (non-hydrogen) atoms. The molecule has 1 saturated heterocycles. The number of amides is 2. The lowest BCUT2D eigenvalue weighted by Gasteiger charge is -2.38. The lowest BCUT2D eigenvalue weighted by molar-refractivity contribution is -0.128. The summed E-state index contributed by atoms with van der Waals surface area (Å²) >= 11 is 0. The molecule has 2 heterocycles. The molecular weight excluding hydrogens is 467 g/mol. The van der Waals surface area contributed by atoms with Crippen LogP contribution >= 0.6 is 0 Å². The number of rotatable bonds is 7. The zero-order valence-electron chi connectivity index (χ0n) is 21.0. The molecule has 2 aromatic carbocycles. The molecule has 1 aliphatic carbocycles. The minimum Gasteiger partial charge on any atom is -0.368 e. The van der Waals surface area contributed by atoms with E-state index in [1.165, 1.54) is 34.7 Å². The van der Waals surface area contributed by atoms with Crippen molar-refractivity contribution in [1.29, 1.82) is 0 Å². The summed E-state index contributed by atoms with van der Waals surface area (Å²) in [5.74, 6) is -0.0281. The van der Waals surface area contributed by atoms with Crippen molar-refractivity contribution < 1.29 is 14.0 Å². The van der Waals surface area contributed by atoms with Crippen LogP contribution in [0.1, 0.15) is 55.6 Å². The van der Waals surface area contributed by atoms with Crippen molar-refractivity contribution in [2.45, 2.75) is 56.5 Å². The summed E-state index contributed by atoms with van der Waals surface area (Å²) in [4.78, 5) is 30.2. The van der Waals surface area contributed by atoms with Crippen LogP contribution in [0.3, 0.4) is 0 Å². The summed E-state index contributed by atoms with van der Waals surface area (Å²) in [6.07, 6.45) is 11.1. The van der Waals surface area contributed by atoms with Gasteiger partial charge in [0, 0.05) is 42.3 Å². The minimum atomic E-state index is -0.373. The molecule has 1 atom stereocenters. The first kappa shape index (κ1) is 25.2. The van der Waals surface area contributed by atoms with Crippen molar-refractivity contribution in [3.05, 3.63) is 77.7 Å². The molecule has 1 aliphatic heterocycles. The number of hydrogen-bond acceptors (Lipinski definition) is 3. The van der Waals surface area contributed by atoms with E-state index in [9.17, 15) is 14.0 Å². The van der Waals surface area contributed by atoms with Gasteiger partial charge in [0.2, 0.25) is 11.8 Å². The average Bonchev–Trinajstić information content (AvgIpc) is 3.36. The third kappa shape index (κ3) is 5.93. The zero-order valence-corrected chi connectivity index (χ0v) is 21.0. The third-order valence-electron chi connectivity index (χ3n) is 8.12. The highest BCUT2D eigenvalue weighted by molar-refractivity contribution is 5.92. The number of nitrogens with zero attached hydrogens (tertiary/aromatic N) is 1. The number of hydrogen-bond donors (Lipinski definition) is 3. The number of likely N-dealkylation sites (tertiary alicyclic amines) is 1. The number of carbonyl (C=O) groups excluding carboxylic acids is 2. The number of aromatic amines is 1. The van der Waals surface area contributed by atoms with Crippen LogP contribution in [0.2, 0.25) is 0 Å². The van der Waals surface area contributed by atoms with E-state index in [1.54, 1.807) is 23.1 Å². The largest absolute Gasteiger partial charge is 0.368 e. The molecule has 6 nitrogen and oxygen atoms in total. The summed E-state index contributed by atoms with van der Waals surface area (Å²) < 4.78 is 13.1. The van der Waals surface area contributed by atoms with Gasteiger partial charge in [0.05, 0.1) is 6.04 Å². The Morgan fingerprint density at radius 1 is 1.00 bits per heavy atom. The van der Waals surface area contributed by atoms with E-state index in [4.69, 9.17) is 5.73 Å². The summed E-state index contributed by atoms with van der Waals surface area (Å²) in [7, 11) is 0. The van der Waals surface area contributed by atoms with E-state index in [0.717, 1.165) is 44.1 Å². The van der Waals surface area contributed by atoms with Gasteiger partial charge in [-0.3, -0.25) is 9.59 Å². The molecule has 2 fully saturated rings. The fourth-order valence-electron chi connectivity index (χ4n) is 6.01. The fraction of sp³-hybridized carbons (Fsp3) is 0.400. The smallest absolute Gasteiger partial charge is 0.246 e. The molecule has 5 rings (SSSR count). The summed E-state index contributed by atoms with van der Waals surface area (Å²) in [5, 5.41) is 4.90. The molecule has 0 bridgehead atoms. The first-order valence-electron chi connectivity index (χ1n) is 13.3. The van der Waals surface area contributed by atoms with Crippen LogP contribution in [-0.2, 0) is 9.59 Å². The van der Waals surface area contributed by atoms with Crippen molar-refractivity contribution in [3.63, 3.8) is 0 Å². The number of aromatic nitrogens is 1. The van der Waals surface area contributed by atoms with Crippen molar-refractivity contribution in [2.75, 3.05) is 13.1 Å². The number of halogens is 1. The number of nitrogens with two attached hydrogens (primary N) is 1. The first-order valence-corrected chi connectivity index (χ1v) is 13.3. The van der Waals surface area contributed by atoms with Gasteiger partial charge in [0.1, 0.15) is 5.82 Å². The molecule has 2 aliphatic rings. The summed E-state index contributed by atoms with van der Waals surface area (Å²) in [5.41, 5.74) is 9.20. The molecule has 194 valence electrons. The van der Waals surface area contributed by atoms with Crippen molar-refractivity contribution in [3.8, 4) is 0 Å². The molecule has 3 aromatic rings. The Labute approximate surface area is 217 Å². The van der Waals surface area contributed by atoms with Crippen LogP contribution in [0.4, 0.5) is 4.39 Å². The topological polar surface area (TPSA) is 91.2 Å². The standard InChI is InChI=1S/C30H35FN4O2/c31-23-10-5-20(6-11-23)7-14-28(36)35-17-15-22(16-18-35)29(30(32)37)34-24-12-8-21(9-13-24)26-19-33-27-4-2-1-3-25(26)27/h1-7,10-11,14,19,21-22,24,29,33-34H,8-9,12-13,15-18H2,(H2,32,37)/b14-7+. The predicted octanol–water partition coefficient (Wildman–Crippen LogP) is 4.73. The Bertz CT molecular complexity index is 1250. The van der Waals surface area contributed by atoms with Crippen LogP contribution < -0.4 is 11.1 Å². The van der Waals surface area contributed by atoms with Crippen LogP contribution in [0, 0.1) is 11.7 Å². The van der Waals surface area contributed by atoms with E-state index < -0.39 is 0 Å². The quantitative estimate of drug-likeness (QED) is 0.408. The molecular formula is C30H35FN4O2. The lowest BCUT2D eigenvalue weighted by atomic mass is 9.80. The number of para-hydroxylation sites is 1. The molecule has 1 aromatic heterocycles. The Hall–Kier alpha value is -3.45. The van der Waals surface area contributed by atoms with Gasteiger partial charge < -0.3 is 20.9 Å². The highest BCUT2D eigenvalue weighted by Crippen LogP contribution is 2.37. The van der Waals surface area contributed by atoms with Crippen LogP contribution in [0.25, 0.3) is 17.0 Å². The van der Waals surface area contributed by atoms with Crippen LogP contribution in [-0.4, -0.2) is 46.9 Å². The lowest BCUT2D eigenvalue weighted by Crippen LogP contribution is -2.54. The summed E-state index contributed by atoms with van der Waals surface area (Å²) in [6.45, 7) is 1.19. The van der Waals surface area contributed by atoms with E-state index in [1.807, 2.05) is 0 Å². The van der Waals surface area contributed by atoms with Gasteiger partial charge in [-0.15, -0.1) is 0 Å². The van der Waals surface area contributed by atoms with Gasteiger partial charge >= 0.3 is 0 Å². The van der Waals surface area contributed by atoms with Crippen LogP contribution in [0.15, 0.2) is 60.8 Å². The second-order valence-electron chi connectivity index (χ2n) is 10.4. The second kappa shape index (κ2) is 11.3. The minimum absolute atomic E-state index is 0.0676. The molecule has 1 unspecified atom stereocenters. The molecule has 0 spiro atoms. The van der Waals surface area contributed by atoms with Crippen molar-refractivity contribution >= 4 is 28.8 Å². The van der Waals surface area contributed by atoms with E-state index >= 15 is 0 Å². The van der Waals surface area contributed by atoms with Crippen molar-refractivity contribution in [2.24, 2.45) is 11.7 Å². The monoisotopic (exact) mass is 502 g/mol. The third-order valence-corrected chi connectivity index (χ3v) is 8.12. The van der Waals surface area contributed by atoms with Gasteiger partial charge in [-0.05, 0) is 85.8 Å². The van der Waals surface area contributed by atoms with Gasteiger partial charge in [-0.25, -0.2) is 4.39 Å². The number of primary amides is 1. The van der Waals surface area contributed by atoms with Gasteiger partial charge in [0.25, 0.3) is 0 Å². The van der Waals surface area contributed by atoms with Gasteiger partial charge in [-0.2, -0.15) is 0 Å². The van der Waals surface area contributed by atoms with Gasteiger partial charge in [-0.1, -0.05) is 30.3 Å². The van der Waals surface area contributed by atoms with E-state index in [0.29, 0.717) is 19.0 Å². The number of piperidine rings is 1. The van der Waals surface area contributed by atoms with E-state index in [-0.39, 0.29) is 35.6 Å². The maximum atomic E-state index is 13.1. The Balaban J connectivity index is 1.12. The number of H-pyrrole nitrogens is 1. The molecule has 4 N–H and O–H groups in total. The SMILES string of the molecule is NC(=O)C(NC1CCC(c2c[nH]c3ccccc23)CC1)C1CCN(C(=O)/C=C/c2ccc(F)cc2)CC1. The number of carbonyl (C=O) groups is 2. The Kier molecular flexibility index (Phi) is 7.70. The van der Waals surface area contributed by atoms with Crippen molar-refractivity contribution in [1.82, 2.24) is 15.2 Å². The maximum Gasteiger partial charge on any atom is 0.246 e. The highest BCUT2D eigenvalue weighted by atomic mass is 19.1. The second-order valence-corrected chi connectivity index (χ2v) is 10.4. The van der Waals surface area contributed by atoms with E-state index in [2.05, 4.69) is 40.8 Å². The molecule has 2 amide bonds. The Morgan fingerprint density at radius 2 is 1.70 bits per heavy atom. The number of benzene rings is 2. The normalized spacial score (nSPS) is 21.9. The van der Waals surface area contributed by atoms with Crippen LogP contribution in [0.5, 0.6) is 0 Å². The predicted molar refractivity (Wildman–Crippen MR) is 144 cm³/mol. The first-order chi connectivity index (χ1) is 18.0. The maximum absolute atomic E-state index is 13.1. The molecule has 0 radical (unpaired) electrons. The fourth-order valence-corrected chi connectivity index (χ4v) is 6.01. The zero-order chi connectivity index (χ0) is 25.8. The Morgan fingerprint density at radius 3 is 2.41 bits per heavy atom. The number of nitrogens with one attached hydrogen (secondary N) is 2. The molecule has 7 heteroatoms. The highest BCUT2D eigenvalue weighted by Gasteiger charge is 2.34. The average molecular weight is 503 g/mol.